The third-order valence-corrected chi connectivity index (χ3v) is 4.45. The fourth-order valence-electron chi connectivity index (χ4n) is 3.07. The lowest BCUT2D eigenvalue weighted by Crippen LogP contribution is -2.37. The molecule has 3 aromatic carbocycles. The summed E-state index contributed by atoms with van der Waals surface area (Å²) in [5.74, 6) is -2.62. The zero-order valence-corrected chi connectivity index (χ0v) is 15.1. The fourth-order valence-corrected chi connectivity index (χ4v) is 3.07. The average Bonchev–Trinajstić information content (AvgIpc) is 2.70. The minimum atomic E-state index is -1.11. The predicted molar refractivity (Wildman–Crippen MR) is 107 cm³/mol. The number of benzene rings is 3. The van der Waals surface area contributed by atoms with E-state index in [2.05, 4.69) is 17.2 Å². The summed E-state index contributed by atoms with van der Waals surface area (Å²) in [6, 6.07) is 16.6. The molecule has 0 atom stereocenters. The summed E-state index contributed by atoms with van der Waals surface area (Å²) >= 11 is 0. The number of hydrogen-bond acceptors (Lipinski definition) is 3. The summed E-state index contributed by atoms with van der Waals surface area (Å²) in [6.07, 6.45) is 0. The number of anilines is 3. The van der Waals surface area contributed by atoms with Gasteiger partial charge in [0, 0.05) is 11.3 Å². The first-order chi connectivity index (χ1) is 13.9. The summed E-state index contributed by atoms with van der Waals surface area (Å²) < 4.78 is 26.4. The summed E-state index contributed by atoms with van der Waals surface area (Å²) in [6.45, 7) is 3.91. The molecule has 1 heterocycles. The van der Waals surface area contributed by atoms with Gasteiger partial charge in [0.05, 0.1) is 16.9 Å². The van der Waals surface area contributed by atoms with Gasteiger partial charge in [-0.05, 0) is 48.5 Å². The van der Waals surface area contributed by atoms with Crippen LogP contribution in [0.5, 0.6) is 0 Å². The molecule has 0 bridgehead atoms. The molecule has 0 radical (unpaired) electrons. The highest BCUT2D eigenvalue weighted by Gasteiger charge is 2.28. The third-order valence-electron chi connectivity index (χ3n) is 4.45. The molecule has 1 aliphatic rings. The van der Waals surface area contributed by atoms with Crippen LogP contribution in [0.2, 0.25) is 0 Å². The van der Waals surface area contributed by atoms with Crippen LogP contribution < -0.4 is 15.5 Å². The number of nitrogens with zero attached hydrogens (tertiary/aromatic N) is 1. The average molecular weight is 391 g/mol. The molecule has 0 aromatic heterocycles. The summed E-state index contributed by atoms with van der Waals surface area (Å²) in [5, 5.41) is 5.70. The Morgan fingerprint density at radius 3 is 2.55 bits per heavy atom. The maximum atomic E-state index is 13.4. The van der Waals surface area contributed by atoms with Gasteiger partial charge < -0.3 is 10.6 Å². The molecule has 3 aromatic rings. The number of carbonyl (C=O) groups is 2. The third kappa shape index (κ3) is 3.45. The second-order valence-corrected chi connectivity index (χ2v) is 6.39. The molecule has 4 rings (SSSR count). The minimum absolute atomic E-state index is 0.0247. The molecular formula is C22H15F2N3O2. The van der Waals surface area contributed by atoms with E-state index in [1.54, 1.807) is 42.5 Å². The van der Waals surface area contributed by atoms with E-state index in [1.807, 2.05) is 6.07 Å². The molecule has 7 heteroatoms. The second-order valence-electron chi connectivity index (χ2n) is 6.39. The number of nitrogens with one attached hydrogen (secondary N) is 2. The van der Waals surface area contributed by atoms with Gasteiger partial charge in [-0.3, -0.25) is 14.5 Å². The molecule has 29 heavy (non-hydrogen) atoms. The molecule has 144 valence electrons. The zero-order chi connectivity index (χ0) is 20.5. The normalized spacial score (nSPS) is 13.0. The molecule has 1 aliphatic heterocycles. The van der Waals surface area contributed by atoms with Crippen LogP contribution in [0.1, 0.15) is 20.7 Å². The number of rotatable bonds is 3. The summed E-state index contributed by atoms with van der Waals surface area (Å²) in [5.41, 5.74) is 2.02. The van der Waals surface area contributed by atoms with E-state index in [0.29, 0.717) is 28.4 Å². The van der Waals surface area contributed by atoms with Crippen molar-refractivity contribution in [2.45, 2.75) is 0 Å². The Balaban J connectivity index is 1.60. The highest BCUT2D eigenvalue weighted by atomic mass is 19.2. The lowest BCUT2D eigenvalue weighted by Gasteiger charge is -2.31. The second kappa shape index (κ2) is 7.20. The van der Waals surface area contributed by atoms with Crippen molar-refractivity contribution in [2.75, 3.05) is 15.5 Å². The lowest BCUT2D eigenvalue weighted by molar-refractivity contribution is 0.0992. The molecule has 0 spiro atoms. The van der Waals surface area contributed by atoms with Crippen molar-refractivity contribution in [1.82, 2.24) is 0 Å². The quantitative estimate of drug-likeness (QED) is 0.677. The van der Waals surface area contributed by atoms with Crippen LogP contribution in [0.15, 0.2) is 79.1 Å². The van der Waals surface area contributed by atoms with E-state index in [1.165, 1.54) is 11.0 Å². The predicted octanol–water partition coefficient (Wildman–Crippen LogP) is 4.76. The molecule has 2 N–H and O–H groups in total. The van der Waals surface area contributed by atoms with E-state index in [0.717, 1.165) is 12.1 Å². The van der Waals surface area contributed by atoms with Gasteiger partial charge >= 0.3 is 0 Å². The van der Waals surface area contributed by atoms with Crippen molar-refractivity contribution in [3.8, 4) is 0 Å². The van der Waals surface area contributed by atoms with Gasteiger partial charge in [-0.15, -0.1) is 0 Å². The summed E-state index contributed by atoms with van der Waals surface area (Å²) in [7, 11) is 0. The maximum absolute atomic E-state index is 13.4. The molecule has 2 amide bonds. The Morgan fingerprint density at radius 2 is 1.76 bits per heavy atom. The molecule has 0 saturated heterocycles. The SMILES string of the molecule is C=C1Nc2ccccc2C(=O)N1c1cccc(NC(=O)c2ccc(F)c(F)c2)c1. The van der Waals surface area contributed by atoms with Gasteiger partial charge in [0.1, 0.15) is 5.82 Å². The van der Waals surface area contributed by atoms with Crippen molar-refractivity contribution >= 4 is 28.9 Å². The lowest BCUT2D eigenvalue weighted by atomic mass is 10.1. The Morgan fingerprint density at radius 1 is 0.966 bits per heavy atom. The number of hydrogen-bond donors (Lipinski definition) is 2. The Kier molecular flexibility index (Phi) is 4.56. The van der Waals surface area contributed by atoms with Gasteiger partial charge in [0.2, 0.25) is 0 Å². The Labute approximate surface area is 165 Å². The first kappa shape index (κ1) is 18.4. The molecule has 5 nitrogen and oxygen atoms in total. The zero-order valence-electron chi connectivity index (χ0n) is 15.1. The van der Waals surface area contributed by atoms with Crippen molar-refractivity contribution in [3.63, 3.8) is 0 Å². The van der Waals surface area contributed by atoms with Gasteiger partial charge in [0.25, 0.3) is 11.8 Å². The molecule has 0 fully saturated rings. The van der Waals surface area contributed by atoms with E-state index < -0.39 is 17.5 Å². The maximum Gasteiger partial charge on any atom is 0.266 e. The van der Waals surface area contributed by atoms with E-state index in [-0.39, 0.29) is 11.5 Å². The smallest absolute Gasteiger partial charge is 0.266 e. The minimum Gasteiger partial charge on any atom is -0.341 e. The highest BCUT2D eigenvalue weighted by Crippen LogP contribution is 2.31. The van der Waals surface area contributed by atoms with Crippen LogP contribution in [0.4, 0.5) is 25.8 Å². The number of halogens is 2. The molecular weight excluding hydrogens is 376 g/mol. The van der Waals surface area contributed by atoms with E-state index in [9.17, 15) is 18.4 Å². The highest BCUT2D eigenvalue weighted by molar-refractivity contribution is 6.14. The number of amides is 2. The van der Waals surface area contributed by atoms with Crippen molar-refractivity contribution in [2.24, 2.45) is 0 Å². The number of para-hydroxylation sites is 1. The van der Waals surface area contributed by atoms with Crippen LogP contribution in [0.25, 0.3) is 0 Å². The number of carbonyl (C=O) groups excluding carboxylic acids is 2. The molecule has 0 aliphatic carbocycles. The topological polar surface area (TPSA) is 61.4 Å². The van der Waals surface area contributed by atoms with Crippen molar-refractivity contribution in [3.05, 3.63) is 102 Å². The molecule has 0 unspecified atom stereocenters. The van der Waals surface area contributed by atoms with Crippen LogP contribution in [0.3, 0.4) is 0 Å². The first-order valence-electron chi connectivity index (χ1n) is 8.70. The van der Waals surface area contributed by atoms with Gasteiger partial charge in [0.15, 0.2) is 11.6 Å². The monoisotopic (exact) mass is 391 g/mol. The van der Waals surface area contributed by atoms with Crippen LogP contribution in [-0.4, -0.2) is 11.8 Å². The van der Waals surface area contributed by atoms with Crippen molar-refractivity contribution < 1.29 is 18.4 Å². The first-order valence-corrected chi connectivity index (χ1v) is 8.70. The fraction of sp³-hybridized carbons (Fsp3) is 0. The van der Waals surface area contributed by atoms with Gasteiger partial charge in [-0.2, -0.15) is 0 Å². The Hall–Kier alpha value is -4.00. The van der Waals surface area contributed by atoms with Crippen molar-refractivity contribution in [1.29, 1.82) is 0 Å². The van der Waals surface area contributed by atoms with Crippen LogP contribution in [-0.2, 0) is 0 Å². The van der Waals surface area contributed by atoms with Crippen LogP contribution >= 0.6 is 0 Å². The largest absolute Gasteiger partial charge is 0.341 e. The Bertz CT molecular complexity index is 1160. The van der Waals surface area contributed by atoms with Crippen LogP contribution in [0, 0.1) is 11.6 Å². The standard InChI is InChI=1S/C22H15F2N3O2/c1-13-25-20-8-3-2-7-17(20)22(29)27(13)16-6-4-5-15(12-16)26-21(28)14-9-10-18(23)19(24)11-14/h2-12,25H,1H2,(H,26,28). The van der Waals surface area contributed by atoms with E-state index in [4.69, 9.17) is 0 Å². The van der Waals surface area contributed by atoms with Gasteiger partial charge in [-0.25, -0.2) is 8.78 Å². The molecule has 0 saturated carbocycles. The van der Waals surface area contributed by atoms with E-state index >= 15 is 0 Å². The van der Waals surface area contributed by atoms with Gasteiger partial charge in [-0.1, -0.05) is 24.8 Å². The summed E-state index contributed by atoms with van der Waals surface area (Å²) in [4.78, 5) is 26.7. The number of fused-ring (bicyclic) bond motifs is 1.